The van der Waals surface area contributed by atoms with E-state index in [-0.39, 0.29) is 11.8 Å². The van der Waals surface area contributed by atoms with E-state index in [9.17, 15) is 22.8 Å². The van der Waals surface area contributed by atoms with Crippen molar-refractivity contribution in [3.05, 3.63) is 82.8 Å². The van der Waals surface area contributed by atoms with Gasteiger partial charge >= 0.3 is 0 Å². The summed E-state index contributed by atoms with van der Waals surface area (Å²) >= 11 is 0. The molecule has 0 aliphatic heterocycles. The summed E-state index contributed by atoms with van der Waals surface area (Å²) in [6, 6.07) is 13.6. The number of carbonyl (C=O) groups excluding carboxylic acids is 3. The Morgan fingerprint density at radius 1 is 0.727 bits per heavy atom. The summed E-state index contributed by atoms with van der Waals surface area (Å²) in [6.07, 6.45) is 3.85. The molecule has 0 saturated carbocycles. The number of rotatable bonds is 17. The van der Waals surface area contributed by atoms with Crippen LogP contribution in [-0.2, 0) is 43.6 Å². The highest BCUT2D eigenvalue weighted by Crippen LogP contribution is 2.12. The fourth-order valence-corrected chi connectivity index (χ4v) is 5.15. The van der Waals surface area contributed by atoms with Crippen LogP contribution in [0.5, 0.6) is 0 Å². The molecule has 3 amide bonds. The molecule has 2 rings (SSSR count). The predicted octanol–water partition coefficient (Wildman–Crippen LogP) is 2.36. The van der Waals surface area contributed by atoms with Gasteiger partial charge in [0.15, 0.2) is 9.84 Å². The molecule has 0 bridgehead atoms. The second-order valence-electron chi connectivity index (χ2n) is 12.2. The summed E-state index contributed by atoms with van der Waals surface area (Å²) < 4.78 is 23.7. The molecule has 11 heteroatoms. The van der Waals surface area contributed by atoms with E-state index in [0.29, 0.717) is 32.2 Å². The van der Waals surface area contributed by atoms with Gasteiger partial charge in [0, 0.05) is 18.2 Å². The average molecular weight is 628 g/mol. The molecule has 0 saturated heterocycles. The highest BCUT2D eigenvalue weighted by molar-refractivity contribution is 7.93. The molecular formula is C33H49N5O5S. The van der Waals surface area contributed by atoms with Crippen molar-refractivity contribution in [3.8, 4) is 0 Å². The van der Waals surface area contributed by atoms with Gasteiger partial charge in [-0.15, -0.1) is 0 Å². The molecule has 0 aromatic heterocycles. The zero-order valence-electron chi connectivity index (χ0n) is 26.5. The van der Waals surface area contributed by atoms with Crippen LogP contribution >= 0.6 is 0 Å². The number of nitrogens with one attached hydrogen (secondary N) is 3. The van der Waals surface area contributed by atoms with Crippen molar-refractivity contribution in [2.24, 2.45) is 23.3 Å². The van der Waals surface area contributed by atoms with Crippen LogP contribution in [-0.4, -0.2) is 56.6 Å². The minimum Gasteiger partial charge on any atom is -0.348 e. The summed E-state index contributed by atoms with van der Waals surface area (Å²) in [5.41, 5.74) is 14.6. The van der Waals surface area contributed by atoms with E-state index < -0.39 is 51.7 Å². The van der Waals surface area contributed by atoms with Gasteiger partial charge in [0.1, 0.15) is 12.1 Å². The summed E-state index contributed by atoms with van der Waals surface area (Å²) in [6.45, 7) is 8.13. The molecule has 2 aromatic rings. The Bertz CT molecular complexity index is 1340. The van der Waals surface area contributed by atoms with Gasteiger partial charge in [0.05, 0.1) is 12.1 Å². The summed E-state index contributed by atoms with van der Waals surface area (Å²) in [4.78, 5) is 40.1. The number of sulfone groups is 1. The molecule has 2 aromatic carbocycles. The van der Waals surface area contributed by atoms with Gasteiger partial charge in [-0.2, -0.15) is 0 Å². The summed E-state index contributed by atoms with van der Waals surface area (Å²) in [5, 5.41) is 9.60. The Labute approximate surface area is 262 Å². The van der Waals surface area contributed by atoms with Crippen molar-refractivity contribution in [1.82, 2.24) is 16.0 Å². The van der Waals surface area contributed by atoms with Crippen molar-refractivity contribution < 1.29 is 22.8 Å². The molecule has 242 valence electrons. The van der Waals surface area contributed by atoms with E-state index in [4.69, 9.17) is 11.5 Å². The maximum Gasteiger partial charge on any atom is 0.243 e. The Morgan fingerprint density at radius 2 is 1.20 bits per heavy atom. The van der Waals surface area contributed by atoms with E-state index in [2.05, 4.69) is 16.0 Å². The Hall–Kier alpha value is -3.54. The number of nitrogens with two attached hydrogens (primary N) is 2. The van der Waals surface area contributed by atoms with E-state index in [1.807, 2.05) is 82.3 Å². The Morgan fingerprint density at radius 3 is 1.70 bits per heavy atom. The van der Waals surface area contributed by atoms with Crippen LogP contribution in [0, 0.1) is 11.8 Å². The second-order valence-corrected chi connectivity index (χ2v) is 14.1. The normalized spacial score (nSPS) is 14.7. The first-order valence-electron chi connectivity index (χ1n) is 15.0. The molecular weight excluding hydrogens is 578 g/mol. The highest BCUT2D eigenvalue weighted by atomic mass is 32.2. The molecule has 0 radical (unpaired) electrons. The van der Waals surface area contributed by atoms with Crippen LogP contribution < -0.4 is 27.4 Å². The minimum absolute atomic E-state index is 0.0531. The van der Waals surface area contributed by atoms with Crippen molar-refractivity contribution in [1.29, 1.82) is 0 Å². The van der Waals surface area contributed by atoms with E-state index in [0.717, 1.165) is 28.4 Å². The van der Waals surface area contributed by atoms with Crippen LogP contribution in [0.15, 0.2) is 66.1 Å². The Balaban J connectivity index is 2.21. The number of amides is 3. The smallest absolute Gasteiger partial charge is 0.243 e. The largest absolute Gasteiger partial charge is 0.348 e. The summed E-state index contributed by atoms with van der Waals surface area (Å²) in [7, 11) is -3.45. The fraction of sp³-hybridized carbons (Fsp3) is 0.485. The van der Waals surface area contributed by atoms with Crippen molar-refractivity contribution in [2.45, 2.75) is 84.1 Å². The maximum atomic E-state index is 13.6. The average Bonchev–Trinajstić information content (AvgIpc) is 2.95. The molecule has 4 atom stereocenters. The van der Waals surface area contributed by atoms with Crippen LogP contribution in [0.2, 0.25) is 0 Å². The zero-order chi connectivity index (χ0) is 32.9. The third kappa shape index (κ3) is 13.8. The van der Waals surface area contributed by atoms with Crippen LogP contribution in [0.4, 0.5) is 0 Å². The molecule has 0 fully saturated rings. The first-order valence-corrected chi connectivity index (χ1v) is 17.0. The van der Waals surface area contributed by atoms with E-state index >= 15 is 0 Å². The standard InChI is InChI=1S/C33H49N5O5S/c1-22(2)17-29(32(40)36-27(15-16-44(5,42)43)19-25-11-13-26(21-34)14-12-25)38-33(41)30(18-23(3)4)37-31(39)28(35)20-24-9-7-6-8-10-24/h6-16,22-23,27-30H,17-21,34-35H2,1-5H3,(H,36,40)(H,37,39)(H,38,41)/b16-15+/t27-,28+,29+,30+/m1/s1. The molecule has 0 unspecified atom stereocenters. The van der Waals surface area contributed by atoms with Crippen molar-refractivity contribution >= 4 is 27.6 Å². The van der Waals surface area contributed by atoms with Crippen LogP contribution in [0.3, 0.4) is 0 Å². The predicted molar refractivity (Wildman–Crippen MR) is 175 cm³/mol. The second kappa shape index (κ2) is 17.7. The molecule has 0 spiro atoms. The third-order valence-electron chi connectivity index (χ3n) is 6.92. The highest BCUT2D eigenvalue weighted by Gasteiger charge is 2.30. The van der Waals surface area contributed by atoms with Gasteiger partial charge < -0.3 is 27.4 Å². The van der Waals surface area contributed by atoms with E-state index in [1.165, 1.54) is 6.08 Å². The lowest BCUT2D eigenvalue weighted by molar-refractivity contribution is -0.133. The van der Waals surface area contributed by atoms with Crippen LogP contribution in [0.25, 0.3) is 0 Å². The van der Waals surface area contributed by atoms with Gasteiger partial charge in [-0.25, -0.2) is 8.42 Å². The lowest BCUT2D eigenvalue weighted by Crippen LogP contribution is -2.57. The number of carbonyl (C=O) groups is 3. The van der Waals surface area contributed by atoms with E-state index in [1.54, 1.807) is 0 Å². The molecule has 0 heterocycles. The molecule has 0 aliphatic rings. The molecule has 0 aliphatic carbocycles. The first-order chi connectivity index (χ1) is 20.7. The topological polar surface area (TPSA) is 173 Å². The van der Waals surface area contributed by atoms with Gasteiger partial charge in [-0.1, -0.05) is 88.4 Å². The quantitative estimate of drug-likeness (QED) is 0.179. The number of hydrogen-bond donors (Lipinski definition) is 5. The van der Waals surface area contributed by atoms with Crippen molar-refractivity contribution in [3.63, 3.8) is 0 Å². The van der Waals surface area contributed by atoms with Gasteiger partial charge in [-0.05, 0) is 54.2 Å². The molecule has 7 N–H and O–H groups in total. The summed E-state index contributed by atoms with van der Waals surface area (Å²) in [5.74, 6) is -1.27. The lowest BCUT2D eigenvalue weighted by atomic mass is 9.98. The first kappa shape index (κ1) is 36.7. The minimum atomic E-state index is -3.45. The molecule has 44 heavy (non-hydrogen) atoms. The monoisotopic (exact) mass is 627 g/mol. The van der Waals surface area contributed by atoms with Gasteiger partial charge in [0.25, 0.3) is 0 Å². The lowest BCUT2D eigenvalue weighted by Gasteiger charge is -2.27. The van der Waals surface area contributed by atoms with Crippen molar-refractivity contribution in [2.75, 3.05) is 6.26 Å². The van der Waals surface area contributed by atoms with Gasteiger partial charge in [0.2, 0.25) is 17.7 Å². The molecule has 10 nitrogen and oxygen atoms in total. The van der Waals surface area contributed by atoms with Crippen LogP contribution in [0.1, 0.15) is 57.2 Å². The number of benzene rings is 2. The Kier molecular flexibility index (Phi) is 14.7. The van der Waals surface area contributed by atoms with Gasteiger partial charge in [-0.3, -0.25) is 14.4 Å². The fourth-order valence-electron chi connectivity index (χ4n) is 4.67. The zero-order valence-corrected chi connectivity index (χ0v) is 27.3. The SMILES string of the molecule is CC(C)C[C@H](NC(=O)[C@H](CC(C)C)NC(=O)[C@@H](N)Cc1ccccc1)C(=O)N[C@H](/C=C/S(C)(=O)=O)Cc1ccc(CN)cc1. The third-order valence-corrected chi connectivity index (χ3v) is 7.57. The maximum absolute atomic E-state index is 13.6. The number of hydrogen-bond acceptors (Lipinski definition) is 7.